The van der Waals surface area contributed by atoms with Crippen LogP contribution in [0.3, 0.4) is 0 Å². The predicted molar refractivity (Wildman–Crippen MR) is 132 cm³/mol. The van der Waals surface area contributed by atoms with Crippen LogP contribution in [-0.2, 0) is 22.4 Å². The monoisotopic (exact) mass is 506 g/mol. The van der Waals surface area contributed by atoms with Crippen molar-refractivity contribution in [3.8, 4) is 5.00 Å². The summed E-state index contributed by atoms with van der Waals surface area (Å²) in [6.07, 6.45) is 2.95. The van der Waals surface area contributed by atoms with E-state index in [1.807, 2.05) is 9.47 Å². The molecule has 1 aliphatic carbocycles. The molecule has 2 aromatic heterocycles. The highest BCUT2D eigenvalue weighted by Crippen LogP contribution is 2.51. The molecule has 3 aliphatic rings. The summed E-state index contributed by atoms with van der Waals surface area (Å²) in [7, 11) is 0. The van der Waals surface area contributed by atoms with Crippen LogP contribution < -0.4 is 21.8 Å². The summed E-state index contributed by atoms with van der Waals surface area (Å²) in [5.41, 5.74) is 16.8. The van der Waals surface area contributed by atoms with Crippen LogP contribution in [0.5, 0.6) is 0 Å². The van der Waals surface area contributed by atoms with Crippen LogP contribution in [0, 0.1) is 11.3 Å². The molecular formula is C20H26N8O2S3. The maximum atomic E-state index is 11.4. The molecule has 0 bridgehead atoms. The van der Waals surface area contributed by atoms with Gasteiger partial charge in [0, 0.05) is 10.4 Å². The first-order valence-electron chi connectivity index (χ1n) is 10.7. The summed E-state index contributed by atoms with van der Waals surface area (Å²) in [6, 6.07) is 0. The number of carbonyl (C=O) groups excluding carboxylic acids is 2. The molecule has 1 unspecified atom stereocenters. The predicted octanol–water partition coefficient (Wildman–Crippen LogP) is 1.97. The highest BCUT2D eigenvalue weighted by atomic mass is 32.2. The Morgan fingerprint density at radius 2 is 1.91 bits per heavy atom. The van der Waals surface area contributed by atoms with Crippen LogP contribution in [0.4, 0.5) is 5.95 Å². The van der Waals surface area contributed by atoms with Crippen LogP contribution in [0.1, 0.15) is 49.4 Å². The molecule has 4 heterocycles. The van der Waals surface area contributed by atoms with E-state index in [-0.39, 0.29) is 23.1 Å². The van der Waals surface area contributed by atoms with Crippen molar-refractivity contribution in [1.29, 1.82) is 0 Å². The van der Waals surface area contributed by atoms with Gasteiger partial charge in [-0.2, -0.15) is 5.10 Å². The number of nitrogens with two attached hydrogens (primary N) is 2. The van der Waals surface area contributed by atoms with Crippen molar-refractivity contribution in [3.63, 3.8) is 0 Å². The lowest BCUT2D eigenvalue weighted by Crippen LogP contribution is -2.38. The van der Waals surface area contributed by atoms with E-state index in [0.717, 1.165) is 24.3 Å². The molecule has 176 valence electrons. The molecule has 2 aromatic rings. The Balaban J connectivity index is 1.60. The van der Waals surface area contributed by atoms with Gasteiger partial charge in [-0.3, -0.25) is 19.9 Å². The summed E-state index contributed by atoms with van der Waals surface area (Å²) in [6.45, 7) is 6.93. The fraction of sp³-hybridized carbons (Fsp3) is 0.550. The smallest absolute Gasteiger partial charge is 0.241 e. The number of amidine groups is 1. The zero-order valence-corrected chi connectivity index (χ0v) is 21.1. The van der Waals surface area contributed by atoms with E-state index in [1.54, 1.807) is 11.3 Å². The van der Waals surface area contributed by atoms with Crippen molar-refractivity contribution in [2.45, 2.75) is 51.4 Å². The molecule has 2 aliphatic heterocycles. The van der Waals surface area contributed by atoms with E-state index in [0.29, 0.717) is 22.2 Å². The summed E-state index contributed by atoms with van der Waals surface area (Å²) in [4.78, 5) is 26.2. The van der Waals surface area contributed by atoms with Gasteiger partial charge >= 0.3 is 0 Å². The third-order valence-electron chi connectivity index (χ3n) is 6.25. The van der Waals surface area contributed by atoms with Crippen molar-refractivity contribution in [2.24, 2.45) is 27.9 Å². The molecule has 0 saturated heterocycles. The minimum absolute atomic E-state index is 0.114. The van der Waals surface area contributed by atoms with E-state index >= 15 is 0 Å². The maximum absolute atomic E-state index is 11.4. The number of nitrogens with one attached hydrogen (secondary N) is 1. The van der Waals surface area contributed by atoms with E-state index in [9.17, 15) is 9.59 Å². The number of hydrogen-bond donors (Lipinski definition) is 3. The lowest BCUT2D eigenvalue weighted by Gasteiger charge is -2.35. The molecule has 0 aromatic carbocycles. The molecule has 0 radical (unpaired) electrons. The standard InChI is InChI=1S/C20H26N8O2S3/c1-20(2,3)9-4-5-10-11(6-9)33-16-14(10)15-23-25-18(31-7-12(21)29)27(15)17-24-26-19(28(16)17)32-8-13(22)30/h9,15,23H,4-8H2,1-3H3,(H2,21,29)(H2,22,30)/t9-,15?/m1/s1. The fourth-order valence-corrected chi connectivity index (χ4v) is 7.48. The second-order valence-electron chi connectivity index (χ2n) is 9.45. The molecule has 0 spiro atoms. The Labute approximate surface area is 203 Å². The largest absolute Gasteiger partial charge is 0.369 e. The summed E-state index contributed by atoms with van der Waals surface area (Å²) < 4.78 is 2.00. The van der Waals surface area contributed by atoms with E-state index in [1.165, 1.54) is 39.5 Å². The Kier molecular flexibility index (Phi) is 5.60. The van der Waals surface area contributed by atoms with Gasteiger partial charge in [0.05, 0.1) is 11.5 Å². The molecule has 2 atom stereocenters. The maximum Gasteiger partial charge on any atom is 0.241 e. The number of anilines is 1. The Bertz CT molecular complexity index is 1160. The van der Waals surface area contributed by atoms with Crippen LogP contribution in [0.2, 0.25) is 0 Å². The number of hydrogen-bond acceptors (Lipinski definition) is 10. The van der Waals surface area contributed by atoms with Crippen LogP contribution in [0.15, 0.2) is 10.3 Å². The first kappa shape index (κ1) is 22.5. The number of hydrazone groups is 1. The van der Waals surface area contributed by atoms with Crippen molar-refractivity contribution in [3.05, 3.63) is 16.0 Å². The van der Waals surface area contributed by atoms with Gasteiger partial charge in [-0.15, -0.1) is 21.5 Å². The average Bonchev–Trinajstić information content (AvgIpc) is 3.43. The Morgan fingerprint density at radius 3 is 2.61 bits per heavy atom. The summed E-state index contributed by atoms with van der Waals surface area (Å²) in [5.74, 6) is 0.620. The first-order valence-corrected chi connectivity index (χ1v) is 13.5. The normalized spacial score (nSPS) is 20.9. The van der Waals surface area contributed by atoms with Crippen molar-refractivity contribution < 1.29 is 9.59 Å². The third-order valence-corrected chi connectivity index (χ3v) is 9.44. The van der Waals surface area contributed by atoms with E-state index < -0.39 is 11.8 Å². The van der Waals surface area contributed by atoms with Gasteiger partial charge in [0.1, 0.15) is 5.00 Å². The van der Waals surface area contributed by atoms with Crippen LogP contribution in [0.25, 0.3) is 5.00 Å². The van der Waals surface area contributed by atoms with Gasteiger partial charge in [0.25, 0.3) is 0 Å². The van der Waals surface area contributed by atoms with Crippen molar-refractivity contribution >= 4 is 57.8 Å². The van der Waals surface area contributed by atoms with Gasteiger partial charge in [-0.05, 0) is 36.2 Å². The fourth-order valence-electron chi connectivity index (χ4n) is 4.58. The molecule has 5 rings (SSSR count). The average molecular weight is 507 g/mol. The number of rotatable bonds is 5. The molecule has 33 heavy (non-hydrogen) atoms. The molecule has 2 amide bonds. The van der Waals surface area contributed by atoms with Gasteiger partial charge in [-0.25, -0.2) is 4.57 Å². The molecule has 13 heteroatoms. The number of thioether (sulfide) groups is 2. The third kappa shape index (κ3) is 3.89. The Morgan fingerprint density at radius 1 is 1.18 bits per heavy atom. The molecule has 0 fully saturated rings. The Hall–Kier alpha value is -2.25. The number of thiophene rings is 1. The van der Waals surface area contributed by atoms with Gasteiger partial charge in [0.2, 0.25) is 17.8 Å². The van der Waals surface area contributed by atoms with Crippen LogP contribution >= 0.6 is 34.9 Å². The van der Waals surface area contributed by atoms with E-state index in [4.69, 9.17) is 11.5 Å². The lowest BCUT2D eigenvalue weighted by molar-refractivity contribution is -0.116. The van der Waals surface area contributed by atoms with Crippen molar-refractivity contribution in [1.82, 2.24) is 20.2 Å². The number of carbonyl (C=O) groups is 2. The number of aromatic nitrogens is 3. The van der Waals surface area contributed by atoms with Gasteiger partial charge in [0.15, 0.2) is 16.5 Å². The van der Waals surface area contributed by atoms with Crippen molar-refractivity contribution in [2.75, 3.05) is 16.4 Å². The highest BCUT2D eigenvalue weighted by Gasteiger charge is 2.45. The highest BCUT2D eigenvalue weighted by molar-refractivity contribution is 8.14. The summed E-state index contributed by atoms with van der Waals surface area (Å²) >= 11 is 4.32. The van der Waals surface area contributed by atoms with Gasteiger partial charge < -0.3 is 11.5 Å². The lowest BCUT2D eigenvalue weighted by atomic mass is 9.72. The summed E-state index contributed by atoms with van der Waals surface area (Å²) in [5, 5.41) is 15.6. The number of fused-ring (bicyclic) bond motifs is 8. The van der Waals surface area contributed by atoms with Crippen LogP contribution in [-0.4, -0.2) is 43.3 Å². The molecule has 5 N–H and O–H groups in total. The minimum Gasteiger partial charge on any atom is -0.369 e. The molecule has 0 saturated carbocycles. The second kappa shape index (κ2) is 8.20. The second-order valence-corrected chi connectivity index (χ2v) is 12.4. The minimum atomic E-state index is -0.413. The van der Waals surface area contributed by atoms with E-state index in [2.05, 4.69) is 41.5 Å². The van der Waals surface area contributed by atoms with Gasteiger partial charge in [-0.1, -0.05) is 44.3 Å². The zero-order valence-electron chi connectivity index (χ0n) is 18.6. The first-order chi connectivity index (χ1) is 15.6. The SMILES string of the molecule is CC(C)(C)[C@@H]1CCc2c(sc3c2C2NN=C(SCC(N)=O)N2c2nnc(SCC(N)=O)n2-3)C1. The number of nitrogens with zero attached hydrogens (tertiary/aromatic N) is 5. The zero-order chi connectivity index (χ0) is 23.5. The molecular weight excluding hydrogens is 480 g/mol. The number of amides is 2. The molecule has 10 nitrogen and oxygen atoms in total. The quantitative estimate of drug-likeness (QED) is 0.522. The topological polar surface area (TPSA) is 145 Å². The number of primary amides is 2.